The summed E-state index contributed by atoms with van der Waals surface area (Å²) in [7, 11) is 0. The van der Waals surface area contributed by atoms with E-state index in [1.807, 2.05) is 12.1 Å². The van der Waals surface area contributed by atoms with E-state index in [0.29, 0.717) is 26.1 Å². The van der Waals surface area contributed by atoms with Crippen LogP contribution >= 0.6 is 0 Å². The number of hydrogen-bond acceptors (Lipinski definition) is 1. The third-order valence-corrected chi connectivity index (χ3v) is 3.06. The standard InChI is InChI=1S/C5H4NO.Hg/c7-5-3-1-2-4-6-5;/h1-2,4H,(H,6,7);. The molecule has 3 heteroatoms. The fourth-order valence-electron chi connectivity index (χ4n) is 0.456. The summed E-state index contributed by atoms with van der Waals surface area (Å²) in [4.78, 5) is 13.2. The van der Waals surface area contributed by atoms with Crippen LogP contribution in [0.4, 0.5) is 0 Å². The molecule has 0 atom stereocenters. The van der Waals surface area contributed by atoms with Crippen LogP contribution in [0.25, 0.3) is 0 Å². The van der Waals surface area contributed by atoms with Gasteiger partial charge in [0.05, 0.1) is 0 Å². The summed E-state index contributed by atoms with van der Waals surface area (Å²) in [5.41, 5.74) is 0.0795. The van der Waals surface area contributed by atoms with Crippen molar-refractivity contribution in [2.24, 2.45) is 0 Å². The summed E-state index contributed by atoms with van der Waals surface area (Å²) in [6.07, 6.45) is 1.65. The molecule has 8 heavy (non-hydrogen) atoms. The second-order valence-electron chi connectivity index (χ2n) is 1.52. The number of pyridine rings is 1. The van der Waals surface area contributed by atoms with Crippen LogP contribution in [0.3, 0.4) is 0 Å². The Morgan fingerprint density at radius 3 is 2.75 bits per heavy atom. The van der Waals surface area contributed by atoms with E-state index in [9.17, 15) is 4.79 Å². The molecule has 1 aromatic rings. The predicted octanol–water partition coefficient (Wildman–Crippen LogP) is -0.453. The first-order chi connectivity index (χ1) is 3.80. The number of rotatable bonds is 0. The van der Waals surface area contributed by atoms with Crippen LogP contribution in [-0.4, -0.2) is 4.98 Å². The molecule has 0 fully saturated rings. The molecule has 0 spiro atoms. The van der Waals surface area contributed by atoms with Crippen molar-refractivity contribution in [1.29, 1.82) is 0 Å². The Morgan fingerprint density at radius 2 is 2.38 bits per heavy atom. The van der Waals surface area contributed by atoms with Crippen LogP contribution in [0, 0.1) is 0 Å². The van der Waals surface area contributed by atoms with E-state index in [2.05, 4.69) is 4.98 Å². The van der Waals surface area contributed by atoms with Gasteiger partial charge in [0.1, 0.15) is 0 Å². The average molecular weight is 295 g/mol. The molecular weight excluding hydrogens is 291 g/mol. The minimum absolute atomic E-state index is 0.0795. The van der Waals surface area contributed by atoms with Gasteiger partial charge in [-0.3, -0.25) is 0 Å². The van der Waals surface area contributed by atoms with E-state index in [4.69, 9.17) is 0 Å². The van der Waals surface area contributed by atoms with Gasteiger partial charge >= 0.3 is 62.9 Å². The van der Waals surface area contributed by atoms with E-state index < -0.39 is 0 Å². The van der Waals surface area contributed by atoms with Gasteiger partial charge in [-0.1, -0.05) is 0 Å². The van der Waals surface area contributed by atoms with Gasteiger partial charge in [0, 0.05) is 0 Å². The Labute approximate surface area is 62.9 Å². The summed E-state index contributed by atoms with van der Waals surface area (Å²) in [6.45, 7) is 0. The fourth-order valence-corrected chi connectivity index (χ4v) is 1.38. The van der Waals surface area contributed by atoms with Crippen LogP contribution in [0.2, 0.25) is 0 Å². The molecule has 0 radical (unpaired) electrons. The zero-order chi connectivity index (χ0) is 5.98. The van der Waals surface area contributed by atoms with Crippen molar-refractivity contribution in [2.45, 2.75) is 0 Å². The SMILES string of the molecule is O=c1[nH]ccc[c]1[Hg]. The third-order valence-electron chi connectivity index (χ3n) is 0.900. The molecule has 0 saturated heterocycles. The summed E-state index contributed by atoms with van der Waals surface area (Å²) in [6, 6.07) is 3.71. The van der Waals surface area contributed by atoms with Crippen molar-refractivity contribution in [3.63, 3.8) is 0 Å². The first-order valence-electron chi connectivity index (χ1n) is 2.30. The number of aromatic nitrogens is 1. The first kappa shape index (κ1) is 6.01. The topological polar surface area (TPSA) is 32.9 Å². The fraction of sp³-hybridized carbons (Fsp3) is 0. The van der Waals surface area contributed by atoms with E-state index in [1.165, 1.54) is 0 Å². The molecule has 2 nitrogen and oxygen atoms in total. The number of nitrogens with one attached hydrogen (secondary N) is 1. The van der Waals surface area contributed by atoms with Crippen LogP contribution in [0.1, 0.15) is 0 Å². The molecule has 1 heterocycles. The van der Waals surface area contributed by atoms with Gasteiger partial charge in [0.2, 0.25) is 0 Å². The van der Waals surface area contributed by atoms with Crippen molar-refractivity contribution in [2.75, 3.05) is 0 Å². The Bertz CT molecular complexity index is 230. The van der Waals surface area contributed by atoms with Gasteiger partial charge in [0.25, 0.3) is 0 Å². The van der Waals surface area contributed by atoms with Crippen LogP contribution in [-0.2, 0) is 26.1 Å². The van der Waals surface area contributed by atoms with Crippen molar-refractivity contribution in [3.8, 4) is 0 Å². The van der Waals surface area contributed by atoms with Gasteiger partial charge in [-0.2, -0.15) is 0 Å². The number of H-pyrrole nitrogens is 1. The second-order valence-corrected chi connectivity index (χ2v) is 4.49. The van der Waals surface area contributed by atoms with Gasteiger partial charge < -0.3 is 0 Å². The van der Waals surface area contributed by atoms with E-state index in [1.54, 1.807) is 6.20 Å². The Hall–Kier alpha value is -0.115. The molecule has 0 aliphatic heterocycles. The van der Waals surface area contributed by atoms with Crippen LogP contribution < -0.4 is 8.63 Å². The maximum absolute atomic E-state index is 10.6. The van der Waals surface area contributed by atoms with Crippen LogP contribution in [0.15, 0.2) is 23.1 Å². The van der Waals surface area contributed by atoms with E-state index >= 15 is 0 Å². The molecule has 0 unspecified atom stereocenters. The van der Waals surface area contributed by atoms with Gasteiger partial charge in [-0.15, -0.1) is 0 Å². The molecule has 0 aromatic carbocycles. The Balaban J connectivity index is 3.35. The van der Waals surface area contributed by atoms with Gasteiger partial charge in [0.15, 0.2) is 0 Å². The molecule has 0 bridgehead atoms. The summed E-state index contributed by atoms with van der Waals surface area (Å²) < 4.78 is 0.951. The van der Waals surface area contributed by atoms with E-state index in [0.717, 1.165) is 3.07 Å². The maximum atomic E-state index is 10.6. The zero-order valence-corrected chi connectivity index (χ0v) is 9.85. The molecule has 1 rings (SSSR count). The van der Waals surface area contributed by atoms with Crippen molar-refractivity contribution in [3.05, 3.63) is 28.7 Å². The quantitative estimate of drug-likeness (QED) is 0.646. The van der Waals surface area contributed by atoms with E-state index in [-0.39, 0.29) is 5.56 Å². The zero-order valence-electron chi connectivity index (χ0n) is 4.35. The molecule has 0 aliphatic carbocycles. The van der Waals surface area contributed by atoms with Crippen molar-refractivity contribution < 1.29 is 26.1 Å². The summed E-state index contributed by atoms with van der Waals surface area (Å²) in [5.74, 6) is 0. The summed E-state index contributed by atoms with van der Waals surface area (Å²) >= 11 is 0.455. The number of aromatic amines is 1. The molecular formula is C5H4HgNO. The Morgan fingerprint density at radius 1 is 1.62 bits per heavy atom. The minimum atomic E-state index is 0.0795. The number of hydrogen-bond donors (Lipinski definition) is 1. The summed E-state index contributed by atoms with van der Waals surface area (Å²) in [5, 5.41) is 0. The molecule has 0 aliphatic rings. The monoisotopic (exact) mass is 296 g/mol. The van der Waals surface area contributed by atoms with Crippen molar-refractivity contribution >= 4 is 3.07 Å². The molecule has 37 valence electrons. The Kier molecular flexibility index (Phi) is 1.83. The first-order valence-corrected chi connectivity index (χ1v) is 5.05. The molecule has 1 N–H and O–H groups in total. The van der Waals surface area contributed by atoms with Gasteiger partial charge in [-0.25, -0.2) is 0 Å². The molecule has 1 aromatic heterocycles. The molecule has 0 amide bonds. The normalized spacial score (nSPS) is 9.25. The van der Waals surface area contributed by atoms with Gasteiger partial charge in [-0.05, 0) is 0 Å². The van der Waals surface area contributed by atoms with Crippen molar-refractivity contribution in [1.82, 2.24) is 4.98 Å². The molecule has 0 saturated carbocycles. The predicted molar refractivity (Wildman–Crippen MR) is 26.7 cm³/mol. The average Bonchev–Trinajstić information content (AvgIpc) is 1.77. The second kappa shape index (κ2) is 2.44. The third kappa shape index (κ3) is 1.19. The van der Waals surface area contributed by atoms with Crippen LogP contribution in [0.5, 0.6) is 0 Å².